The fourth-order valence-electron chi connectivity index (χ4n) is 4.28. The second-order valence-electron chi connectivity index (χ2n) is 8.48. The maximum Gasteiger partial charge on any atom is 0.573 e. The zero-order chi connectivity index (χ0) is 23.3. The molecule has 178 valence electrons. The van der Waals surface area contributed by atoms with Crippen LogP contribution in [0.15, 0.2) is 24.3 Å². The van der Waals surface area contributed by atoms with Gasteiger partial charge in [0.15, 0.2) is 0 Å². The number of hydrogen-bond acceptors (Lipinski definition) is 5. The highest BCUT2D eigenvalue weighted by Crippen LogP contribution is 2.26. The summed E-state index contributed by atoms with van der Waals surface area (Å²) in [6.07, 6.45) is -3.39. The molecule has 0 aliphatic carbocycles. The minimum absolute atomic E-state index is 0.0261. The summed E-state index contributed by atoms with van der Waals surface area (Å²) in [6.45, 7) is 6.44. The van der Waals surface area contributed by atoms with Gasteiger partial charge in [0.25, 0.3) is 0 Å². The van der Waals surface area contributed by atoms with E-state index < -0.39 is 6.36 Å². The van der Waals surface area contributed by atoms with Crippen LogP contribution in [0, 0.1) is 5.92 Å². The minimum atomic E-state index is -4.79. The topological polar surface area (TPSA) is 71.1 Å². The largest absolute Gasteiger partial charge is 0.573 e. The summed E-state index contributed by atoms with van der Waals surface area (Å²) in [7, 11) is 0. The van der Waals surface area contributed by atoms with E-state index in [0.717, 1.165) is 0 Å². The van der Waals surface area contributed by atoms with Gasteiger partial charge < -0.3 is 19.7 Å². The monoisotopic (exact) mass is 457 g/mol. The number of ether oxygens (including phenoxy) is 2. The fourth-order valence-corrected chi connectivity index (χ4v) is 4.28. The molecule has 2 atom stereocenters. The molecule has 0 aromatic heterocycles. The maximum atomic E-state index is 12.8. The molecule has 0 bridgehead atoms. The molecule has 2 saturated heterocycles. The highest BCUT2D eigenvalue weighted by molar-refractivity contribution is 5.79. The van der Waals surface area contributed by atoms with E-state index in [0.29, 0.717) is 39.0 Å². The molecule has 2 heterocycles. The third-order valence-corrected chi connectivity index (χ3v) is 5.71. The van der Waals surface area contributed by atoms with Gasteiger partial charge in [-0.15, -0.1) is 13.2 Å². The molecule has 10 heteroatoms. The molecule has 3 rings (SSSR count). The van der Waals surface area contributed by atoms with Crippen molar-refractivity contribution in [3.05, 3.63) is 29.8 Å². The average molecular weight is 457 g/mol. The summed E-state index contributed by atoms with van der Waals surface area (Å²) in [5.41, 5.74) is 0.247. The molecule has 2 aliphatic rings. The van der Waals surface area contributed by atoms with E-state index in [1.54, 1.807) is 6.07 Å². The first kappa shape index (κ1) is 24.3. The molecule has 1 aromatic carbocycles. The van der Waals surface area contributed by atoms with E-state index in [-0.39, 0.29) is 54.3 Å². The van der Waals surface area contributed by atoms with Gasteiger partial charge in [0.05, 0.1) is 18.8 Å². The number of carbonyl (C=O) groups excluding carboxylic acids is 2. The first-order valence-corrected chi connectivity index (χ1v) is 10.9. The highest BCUT2D eigenvalue weighted by Gasteiger charge is 2.33. The van der Waals surface area contributed by atoms with Crippen molar-refractivity contribution in [3.8, 4) is 5.75 Å². The number of nitrogens with one attached hydrogen (secondary N) is 1. The average Bonchev–Trinajstić information content (AvgIpc) is 2.71. The van der Waals surface area contributed by atoms with E-state index in [4.69, 9.17) is 4.74 Å². The maximum absolute atomic E-state index is 12.8. The highest BCUT2D eigenvalue weighted by atomic mass is 19.4. The SMILES string of the molecule is CC1CN(C(=O)C2CCN(CC(=O)NCc3ccccc3OC(F)(F)F)CC2)CC(C)O1. The van der Waals surface area contributed by atoms with E-state index in [2.05, 4.69) is 10.1 Å². The molecule has 2 aliphatic heterocycles. The van der Waals surface area contributed by atoms with E-state index >= 15 is 0 Å². The van der Waals surface area contributed by atoms with Crippen LogP contribution in [0.1, 0.15) is 32.3 Å². The summed E-state index contributed by atoms with van der Waals surface area (Å²) >= 11 is 0. The Balaban J connectivity index is 1.43. The Morgan fingerprint density at radius 3 is 2.38 bits per heavy atom. The van der Waals surface area contributed by atoms with Crippen LogP contribution in [0.4, 0.5) is 13.2 Å². The van der Waals surface area contributed by atoms with Crippen molar-refractivity contribution in [1.82, 2.24) is 15.1 Å². The van der Waals surface area contributed by atoms with E-state index in [1.807, 2.05) is 23.6 Å². The van der Waals surface area contributed by atoms with Crippen LogP contribution in [0.25, 0.3) is 0 Å². The number of piperidine rings is 1. The lowest BCUT2D eigenvalue weighted by molar-refractivity contribution is -0.274. The predicted octanol–water partition coefficient (Wildman–Crippen LogP) is 2.55. The molecular weight excluding hydrogens is 427 g/mol. The van der Waals surface area contributed by atoms with Gasteiger partial charge in [0.2, 0.25) is 11.8 Å². The number of carbonyl (C=O) groups is 2. The Kier molecular flexibility index (Phi) is 8.00. The van der Waals surface area contributed by atoms with Crippen molar-refractivity contribution in [3.63, 3.8) is 0 Å². The molecule has 1 aromatic rings. The summed E-state index contributed by atoms with van der Waals surface area (Å²) in [4.78, 5) is 29.0. The lowest BCUT2D eigenvalue weighted by atomic mass is 9.94. The second-order valence-corrected chi connectivity index (χ2v) is 8.48. The molecule has 32 heavy (non-hydrogen) atoms. The van der Waals surface area contributed by atoms with E-state index in [1.165, 1.54) is 18.2 Å². The molecule has 2 unspecified atom stereocenters. The summed E-state index contributed by atoms with van der Waals surface area (Å²) in [6, 6.07) is 5.72. The minimum Gasteiger partial charge on any atom is -0.405 e. The number of benzene rings is 1. The Labute approximate surface area is 185 Å². The Morgan fingerprint density at radius 1 is 1.12 bits per heavy atom. The standard InChI is InChI=1S/C22H30F3N3O4/c1-15-12-28(13-16(2)31-15)21(30)17-7-9-27(10-8-17)14-20(29)26-11-18-5-3-4-6-19(18)32-22(23,24)25/h3-6,15-17H,7-14H2,1-2H3,(H,26,29). The molecule has 7 nitrogen and oxygen atoms in total. The Morgan fingerprint density at radius 2 is 1.75 bits per heavy atom. The van der Waals surface area contributed by atoms with Crippen molar-refractivity contribution >= 4 is 11.8 Å². The molecule has 2 fully saturated rings. The van der Waals surface area contributed by atoms with Crippen molar-refractivity contribution in [2.24, 2.45) is 5.92 Å². The number of rotatable bonds is 6. The number of hydrogen-bond donors (Lipinski definition) is 1. The molecule has 1 N–H and O–H groups in total. The smallest absolute Gasteiger partial charge is 0.405 e. The van der Waals surface area contributed by atoms with Gasteiger partial charge in [-0.1, -0.05) is 18.2 Å². The summed E-state index contributed by atoms with van der Waals surface area (Å²) < 4.78 is 47.3. The molecule has 0 spiro atoms. The quantitative estimate of drug-likeness (QED) is 0.711. The summed E-state index contributed by atoms with van der Waals surface area (Å²) in [5.74, 6) is -0.519. The number of amides is 2. The number of nitrogens with zero attached hydrogens (tertiary/aromatic N) is 2. The van der Waals surface area contributed by atoms with E-state index in [9.17, 15) is 22.8 Å². The van der Waals surface area contributed by atoms with Crippen LogP contribution in [0.3, 0.4) is 0 Å². The molecule has 0 radical (unpaired) electrons. The van der Waals surface area contributed by atoms with Gasteiger partial charge in [-0.25, -0.2) is 0 Å². The normalized spacial score (nSPS) is 23.1. The first-order chi connectivity index (χ1) is 15.1. The van der Waals surface area contributed by atoms with Crippen LogP contribution in [0.2, 0.25) is 0 Å². The first-order valence-electron chi connectivity index (χ1n) is 10.9. The Hall–Kier alpha value is -2.33. The summed E-state index contributed by atoms with van der Waals surface area (Å²) in [5, 5.41) is 2.65. The van der Waals surface area contributed by atoms with Gasteiger partial charge in [-0.05, 0) is 45.8 Å². The number of para-hydroxylation sites is 1. The number of alkyl halides is 3. The molecular formula is C22H30F3N3O4. The van der Waals surface area contributed by atoms with Crippen LogP contribution in [-0.2, 0) is 20.9 Å². The van der Waals surface area contributed by atoms with Crippen molar-refractivity contribution < 1.29 is 32.2 Å². The zero-order valence-corrected chi connectivity index (χ0v) is 18.4. The van der Waals surface area contributed by atoms with Crippen LogP contribution in [0.5, 0.6) is 5.75 Å². The van der Waals surface area contributed by atoms with Crippen molar-refractivity contribution in [2.45, 2.75) is 51.8 Å². The third kappa shape index (κ3) is 7.09. The van der Waals surface area contributed by atoms with Crippen LogP contribution < -0.4 is 10.1 Å². The fraction of sp³-hybridized carbons (Fsp3) is 0.636. The number of halogens is 3. The van der Waals surface area contributed by atoms with Crippen LogP contribution >= 0.6 is 0 Å². The van der Waals surface area contributed by atoms with Gasteiger partial charge in [-0.3, -0.25) is 14.5 Å². The molecule has 2 amide bonds. The van der Waals surface area contributed by atoms with Crippen molar-refractivity contribution in [2.75, 3.05) is 32.7 Å². The van der Waals surface area contributed by atoms with Crippen molar-refractivity contribution in [1.29, 1.82) is 0 Å². The lowest BCUT2D eigenvalue weighted by Gasteiger charge is -2.39. The molecule has 0 saturated carbocycles. The number of morpholine rings is 1. The zero-order valence-electron chi connectivity index (χ0n) is 18.4. The predicted molar refractivity (Wildman–Crippen MR) is 111 cm³/mol. The Bertz CT molecular complexity index is 787. The third-order valence-electron chi connectivity index (χ3n) is 5.71. The van der Waals surface area contributed by atoms with Gasteiger partial charge in [-0.2, -0.15) is 0 Å². The van der Waals surface area contributed by atoms with Crippen LogP contribution in [-0.4, -0.2) is 72.9 Å². The lowest BCUT2D eigenvalue weighted by Crippen LogP contribution is -2.51. The van der Waals surface area contributed by atoms with Gasteiger partial charge >= 0.3 is 6.36 Å². The van der Waals surface area contributed by atoms with Gasteiger partial charge in [0.1, 0.15) is 5.75 Å². The second kappa shape index (κ2) is 10.5. The number of likely N-dealkylation sites (tertiary alicyclic amines) is 1. The van der Waals surface area contributed by atoms with Gasteiger partial charge in [0, 0.05) is 31.1 Å².